The Morgan fingerprint density at radius 1 is 1.14 bits per heavy atom. The molecule has 0 fully saturated rings. The summed E-state index contributed by atoms with van der Waals surface area (Å²) in [6.07, 6.45) is 5.03. The molecular formula is C23H28ClN3OS. The molecule has 6 heteroatoms. The summed E-state index contributed by atoms with van der Waals surface area (Å²) in [4.78, 5) is 21.2. The molecule has 0 radical (unpaired) electrons. The highest BCUT2D eigenvalue weighted by molar-refractivity contribution is 7.98. The van der Waals surface area contributed by atoms with Crippen LogP contribution in [0.15, 0.2) is 47.4 Å². The Morgan fingerprint density at radius 2 is 1.90 bits per heavy atom. The Labute approximate surface area is 182 Å². The van der Waals surface area contributed by atoms with Crippen LogP contribution in [0.2, 0.25) is 5.02 Å². The molecule has 3 rings (SSSR count). The summed E-state index contributed by atoms with van der Waals surface area (Å²) in [7, 11) is 0. The first-order valence-corrected chi connectivity index (χ1v) is 11.8. The Morgan fingerprint density at radius 3 is 2.55 bits per heavy atom. The van der Waals surface area contributed by atoms with Crippen molar-refractivity contribution in [3.05, 3.63) is 58.9 Å². The second-order valence-electron chi connectivity index (χ2n) is 7.12. The van der Waals surface area contributed by atoms with Gasteiger partial charge in [-0.1, -0.05) is 31.9 Å². The van der Waals surface area contributed by atoms with E-state index in [9.17, 15) is 4.79 Å². The van der Waals surface area contributed by atoms with Crippen LogP contribution in [0.4, 0.5) is 0 Å². The SMILES string of the molecule is CCCCN(Cc1nc2ccc(Cl)cc2n1CCC)C(=O)c1ccc(SC)cc1. The number of hydrogen-bond acceptors (Lipinski definition) is 3. The Balaban J connectivity index is 1.93. The van der Waals surface area contributed by atoms with E-state index in [1.807, 2.05) is 53.6 Å². The lowest BCUT2D eigenvalue weighted by Crippen LogP contribution is -2.32. The summed E-state index contributed by atoms with van der Waals surface area (Å²) >= 11 is 7.90. The Bertz CT molecular complexity index is 968. The molecule has 0 atom stereocenters. The molecule has 1 aromatic heterocycles. The van der Waals surface area contributed by atoms with Gasteiger partial charge in [0.15, 0.2) is 0 Å². The molecule has 4 nitrogen and oxygen atoms in total. The van der Waals surface area contributed by atoms with Crippen molar-refractivity contribution < 1.29 is 4.79 Å². The number of thioether (sulfide) groups is 1. The van der Waals surface area contributed by atoms with Crippen molar-refractivity contribution in [1.29, 1.82) is 0 Å². The second kappa shape index (κ2) is 10.2. The van der Waals surface area contributed by atoms with Gasteiger partial charge in [0.25, 0.3) is 5.91 Å². The minimum absolute atomic E-state index is 0.0549. The first-order chi connectivity index (χ1) is 14.1. The normalized spacial score (nSPS) is 11.2. The number of benzene rings is 2. The van der Waals surface area contributed by atoms with E-state index in [0.717, 1.165) is 59.7 Å². The number of nitrogens with zero attached hydrogens (tertiary/aromatic N) is 3. The van der Waals surface area contributed by atoms with E-state index < -0.39 is 0 Å². The third kappa shape index (κ3) is 5.14. The van der Waals surface area contributed by atoms with Gasteiger partial charge in [-0.15, -0.1) is 11.8 Å². The van der Waals surface area contributed by atoms with E-state index >= 15 is 0 Å². The van der Waals surface area contributed by atoms with Crippen LogP contribution in [0, 0.1) is 0 Å². The van der Waals surface area contributed by atoms with Gasteiger partial charge in [-0.3, -0.25) is 4.79 Å². The van der Waals surface area contributed by atoms with Gasteiger partial charge in [0.05, 0.1) is 17.6 Å². The lowest BCUT2D eigenvalue weighted by molar-refractivity contribution is 0.0734. The monoisotopic (exact) mass is 429 g/mol. The lowest BCUT2D eigenvalue weighted by Gasteiger charge is -2.23. The van der Waals surface area contributed by atoms with Crippen molar-refractivity contribution in [3.8, 4) is 0 Å². The van der Waals surface area contributed by atoms with E-state index in [-0.39, 0.29) is 5.91 Å². The third-order valence-electron chi connectivity index (χ3n) is 4.97. The molecule has 154 valence electrons. The molecule has 29 heavy (non-hydrogen) atoms. The summed E-state index contributed by atoms with van der Waals surface area (Å²) in [5.74, 6) is 0.966. The molecule has 0 aliphatic heterocycles. The molecule has 2 aromatic carbocycles. The number of aryl methyl sites for hydroxylation is 1. The zero-order chi connectivity index (χ0) is 20.8. The van der Waals surface area contributed by atoms with Crippen molar-refractivity contribution in [2.24, 2.45) is 0 Å². The maximum Gasteiger partial charge on any atom is 0.254 e. The quantitative estimate of drug-likeness (QED) is 0.376. The first-order valence-electron chi connectivity index (χ1n) is 10.1. The summed E-state index contributed by atoms with van der Waals surface area (Å²) in [6, 6.07) is 13.6. The minimum atomic E-state index is 0.0549. The predicted octanol–water partition coefficient (Wildman–Crippen LogP) is 6.26. The highest BCUT2D eigenvalue weighted by atomic mass is 35.5. The minimum Gasteiger partial charge on any atom is -0.331 e. The molecule has 0 saturated carbocycles. The maximum atomic E-state index is 13.3. The van der Waals surface area contributed by atoms with Crippen LogP contribution >= 0.6 is 23.4 Å². The molecule has 0 unspecified atom stereocenters. The van der Waals surface area contributed by atoms with Crippen molar-refractivity contribution in [1.82, 2.24) is 14.5 Å². The number of imidazole rings is 1. The number of unbranched alkanes of at least 4 members (excludes halogenated alkanes) is 1. The summed E-state index contributed by atoms with van der Waals surface area (Å²) in [6.45, 7) is 6.35. The smallest absolute Gasteiger partial charge is 0.254 e. The number of aromatic nitrogens is 2. The fourth-order valence-corrected chi connectivity index (χ4v) is 4.00. The average Bonchev–Trinajstić information content (AvgIpc) is 3.07. The maximum absolute atomic E-state index is 13.3. The van der Waals surface area contributed by atoms with Gasteiger partial charge in [0.2, 0.25) is 0 Å². The van der Waals surface area contributed by atoms with Gasteiger partial charge >= 0.3 is 0 Å². The second-order valence-corrected chi connectivity index (χ2v) is 8.44. The largest absolute Gasteiger partial charge is 0.331 e. The van der Waals surface area contributed by atoms with Crippen molar-refractivity contribution >= 4 is 40.3 Å². The molecule has 0 saturated heterocycles. The molecule has 0 aliphatic rings. The highest BCUT2D eigenvalue weighted by Gasteiger charge is 2.20. The van der Waals surface area contributed by atoms with Gasteiger partial charge in [-0.05, 0) is 61.6 Å². The van der Waals surface area contributed by atoms with Crippen LogP contribution < -0.4 is 0 Å². The van der Waals surface area contributed by atoms with Crippen LogP contribution in [-0.2, 0) is 13.1 Å². The van der Waals surface area contributed by atoms with Crippen LogP contribution in [0.1, 0.15) is 49.3 Å². The van der Waals surface area contributed by atoms with E-state index in [2.05, 4.69) is 18.4 Å². The number of rotatable bonds is 9. The van der Waals surface area contributed by atoms with Crippen LogP contribution in [0.3, 0.4) is 0 Å². The van der Waals surface area contributed by atoms with E-state index in [0.29, 0.717) is 11.6 Å². The molecule has 0 bridgehead atoms. The number of hydrogen-bond donors (Lipinski definition) is 0. The Hall–Kier alpha value is -1.98. The van der Waals surface area contributed by atoms with Crippen molar-refractivity contribution in [2.45, 2.75) is 51.1 Å². The number of carbonyl (C=O) groups is 1. The third-order valence-corrected chi connectivity index (χ3v) is 5.95. The lowest BCUT2D eigenvalue weighted by atomic mass is 10.2. The molecule has 0 spiro atoms. The van der Waals surface area contributed by atoms with E-state index in [1.165, 1.54) is 0 Å². The summed E-state index contributed by atoms with van der Waals surface area (Å²) < 4.78 is 2.20. The van der Waals surface area contributed by atoms with Crippen LogP contribution in [0.5, 0.6) is 0 Å². The van der Waals surface area contributed by atoms with Crippen LogP contribution in [0.25, 0.3) is 11.0 Å². The molecule has 0 N–H and O–H groups in total. The van der Waals surface area contributed by atoms with E-state index in [1.54, 1.807) is 11.8 Å². The van der Waals surface area contributed by atoms with Gasteiger partial charge in [-0.2, -0.15) is 0 Å². The van der Waals surface area contributed by atoms with Crippen LogP contribution in [-0.4, -0.2) is 33.2 Å². The number of amides is 1. The van der Waals surface area contributed by atoms with E-state index in [4.69, 9.17) is 16.6 Å². The number of fused-ring (bicyclic) bond motifs is 1. The van der Waals surface area contributed by atoms with Gasteiger partial charge in [0, 0.05) is 28.6 Å². The molecule has 1 amide bonds. The number of halogens is 1. The summed E-state index contributed by atoms with van der Waals surface area (Å²) in [5.41, 5.74) is 2.67. The predicted molar refractivity (Wildman–Crippen MR) is 123 cm³/mol. The zero-order valence-electron chi connectivity index (χ0n) is 17.3. The van der Waals surface area contributed by atoms with Gasteiger partial charge in [-0.25, -0.2) is 4.98 Å². The topological polar surface area (TPSA) is 38.1 Å². The van der Waals surface area contributed by atoms with Gasteiger partial charge in [0.1, 0.15) is 5.82 Å². The molecule has 0 aliphatic carbocycles. The first kappa shape index (κ1) is 21.7. The molecular weight excluding hydrogens is 402 g/mol. The zero-order valence-corrected chi connectivity index (χ0v) is 18.9. The number of carbonyl (C=O) groups excluding carboxylic acids is 1. The van der Waals surface area contributed by atoms with Crippen molar-refractivity contribution in [2.75, 3.05) is 12.8 Å². The molecule has 1 heterocycles. The average molecular weight is 430 g/mol. The fraction of sp³-hybridized carbons (Fsp3) is 0.391. The van der Waals surface area contributed by atoms with Gasteiger partial charge < -0.3 is 9.47 Å². The fourth-order valence-electron chi connectivity index (χ4n) is 3.43. The van der Waals surface area contributed by atoms with Crippen molar-refractivity contribution in [3.63, 3.8) is 0 Å². The Kier molecular flexibility index (Phi) is 7.62. The molecule has 3 aromatic rings. The highest BCUT2D eigenvalue weighted by Crippen LogP contribution is 2.23. The standard InChI is InChI=1S/C23H28ClN3OS/c1-4-6-14-26(23(28)17-7-10-19(29-3)11-8-17)16-22-25-20-12-9-18(24)15-21(20)27(22)13-5-2/h7-12,15H,4-6,13-14,16H2,1-3H3. The summed E-state index contributed by atoms with van der Waals surface area (Å²) in [5, 5.41) is 0.703.